The Labute approximate surface area is 82.3 Å². The Morgan fingerprint density at radius 2 is 1.50 bits per heavy atom. The van der Waals surface area contributed by atoms with E-state index in [1.807, 2.05) is 0 Å². The van der Waals surface area contributed by atoms with Crippen molar-refractivity contribution >= 4 is 18.9 Å². The molecule has 0 aromatic rings. The molecule has 1 nitrogen and oxygen atoms in total. The van der Waals surface area contributed by atoms with Crippen LogP contribution >= 0.6 is 12.6 Å². The molecule has 1 saturated carbocycles. The maximum atomic E-state index is 8.81. The Bertz CT molecular complexity index is 77.9. The number of hydrogen-bond donors (Lipinski definition) is 1. The molecule has 0 bridgehead atoms. The fourth-order valence-corrected chi connectivity index (χ4v) is 1.31. The number of carbonyl (C=O) groups is 1. The summed E-state index contributed by atoms with van der Waals surface area (Å²) in [6, 6.07) is 0. The van der Waals surface area contributed by atoms with Gasteiger partial charge < -0.3 is 4.79 Å². The second kappa shape index (κ2) is 13.6. The van der Waals surface area contributed by atoms with Gasteiger partial charge >= 0.3 is 0 Å². The largest absolute Gasteiger partial charge is 0.304 e. The highest BCUT2D eigenvalue weighted by molar-refractivity contribution is 7.79. The molecule has 12 heavy (non-hydrogen) atoms. The Morgan fingerprint density at radius 1 is 1.17 bits per heavy atom. The predicted octanol–water partition coefficient (Wildman–Crippen LogP) is 3.34. The van der Waals surface area contributed by atoms with Gasteiger partial charge in [-0.3, -0.25) is 0 Å². The lowest BCUT2D eigenvalue weighted by Crippen LogP contribution is -1.99. The van der Waals surface area contributed by atoms with Crippen LogP contribution in [0.4, 0.5) is 0 Å². The molecule has 0 amide bonds. The van der Waals surface area contributed by atoms with Gasteiger partial charge in [-0.1, -0.05) is 39.0 Å². The molecule has 0 atom stereocenters. The van der Waals surface area contributed by atoms with Gasteiger partial charge in [0.25, 0.3) is 0 Å². The highest BCUT2D eigenvalue weighted by Gasteiger charge is 2.05. The molecule has 1 rings (SSSR count). The van der Waals surface area contributed by atoms with E-state index in [0.29, 0.717) is 0 Å². The third-order valence-electron chi connectivity index (χ3n) is 1.89. The second-order valence-corrected chi connectivity index (χ2v) is 2.98. The van der Waals surface area contributed by atoms with E-state index in [9.17, 15) is 0 Å². The fourth-order valence-electron chi connectivity index (χ4n) is 1.31. The summed E-state index contributed by atoms with van der Waals surface area (Å²) in [4.78, 5) is 8.81. The molecule has 0 heterocycles. The van der Waals surface area contributed by atoms with Crippen molar-refractivity contribution in [3.05, 3.63) is 0 Å². The lowest BCUT2D eigenvalue weighted by molar-refractivity contribution is -0.106. The molecule has 0 N–H and O–H groups in total. The summed E-state index contributed by atoms with van der Waals surface area (Å²) in [5, 5.41) is 0. The molecule has 0 spiro atoms. The molecule has 1 aliphatic rings. The number of aldehydes is 1. The smallest absolute Gasteiger partial charge is 0.116 e. The first-order valence-electron chi connectivity index (χ1n) is 4.65. The average Bonchev–Trinajstić information content (AvgIpc) is 2.11. The first-order valence-corrected chi connectivity index (χ1v) is 5.55. The minimum Gasteiger partial charge on any atom is -0.304 e. The summed E-state index contributed by atoms with van der Waals surface area (Å²) in [5.74, 6) is 1.04. The van der Waals surface area contributed by atoms with Crippen LogP contribution in [0.3, 0.4) is 0 Å². The highest BCUT2D eigenvalue weighted by Crippen LogP contribution is 2.21. The van der Waals surface area contributed by atoms with Gasteiger partial charge in [-0.2, -0.15) is 12.6 Å². The van der Waals surface area contributed by atoms with Crippen LogP contribution < -0.4 is 0 Å². The van der Waals surface area contributed by atoms with E-state index in [1.54, 1.807) is 6.26 Å². The normalized spacial score (nSPS) is 16.3. The van der Waals surface area contributed by atoms with Crippen molar-refractivity contribution in [3.63, 3.8) is 0 Å². The van der Waals surface area contributed by atoms with E-state index < -0.39 is 0 Å². The van der Waals surface area contributed by atoms with Crippen LogP contribution in [0.15, 0.2) is 0 Å². The number of rotatable bonds is 0. The molecule has 1 aliphatic carbocycles. The molecule has 0 aliphatic heterocycles. The van der Waals surface area contributed by atoms with Gasteiger partial charge in [0.15, 0.2) is 0 Å². The van der Waals surface area contributed by atoms with E-state index in [-0.39, 0.29) is 0 Å². The summed E-state index contributed by atoms with van der Waals surface area (Å²) in [5.41, 5.74) is 0. The van der Waals surface area contributed by atoms with Crippen LogP contribution in [0.1, 0.15) is 46.0 Å². The van der Waals surface area contributed by atoms with Crippen molar-refractivity contribution in [3.8, 4) is 0 Å². The van der Waals surface area contributed by atoms with E-state index in [1.165, 1.54) is 39.0 Å². The number of thiol groups is 1. The zero-order chi connectivity index (χ0) is 9.82. The molecule has 0 saturated heterocycles. The van der Waals surface area contributed by atoms with Crippen molar-refractivity contribution < 1.29 is 4.79 Å². The summed E-state index contributed by atoms with van der Waals surface area (Å²) in [6.07, 6.45) is 9.88. The molecule has 1 fully saturated rings. The van der Waals surface area contributed by atoms with Crippen molar-refractivity contribution in [1.82, 2.24) is 0 Å². The third-order valence-corrected chi connectivity index (χ3v) is 1.89. The van der Waals surface area contributed by atoms with Crippen molar-refractivity contribution in [2.45, 2.75) is 46.0 Å². The molecule has 0 aromatic heterocycles. The van der Waals surface area contributed by atoms with Crippen LogP contribution in [0.25, 0.3) is 0 Å². The quantitative estimate of drug-likeness (QED) is 0.458. The van der Waals surface area contributed by atoms with Gasteiger partial charge in [-0.15, -0.1) is 0 Å². The molecule has 2 heteroatoms. The van der Waals surface area contributed by atoms with Crippen LogP contribution in [-0.4, -0.2) is 12.5 Å². The minimum absolute atomic E-state index is 0.750. The first-order chi connectivity index (χ1) is 5.81. The van der Waals surface area contributed by atoms with E-state index >= 15 is 0 Å². The molecular weight excluding hydrogens is 168 g/mol. The Morgan fingerprint density at radius 3 is 1.67 bits per heavy atom. The molecule has 0 aromatic carbocycles. The van der Waals surface area contributed by atoms with Gasteiger partial charge in [-0.25, -0.2) is 0 Å². The van der Waals surface area contributed by atoms with Crippen LogP contribution in [0.5, 0.6) is 0 Å². The monoisotopic (exact) mass is 190 g/mol. The SMILES string of the molecule is CC1CCCCC1.CC=O.CS. The second-order valence-electron chi connectivity index (χ2n) is 2.98. The van der Waals surface area contributed by atoms with Gasteiger partial charge in [0.05, 0.1) is 0 Å². The summed E-state index contributed by atoms with van der Waals surface area (Å²) in [6.45, 7) is 3.80. The highest BCUT2D eigenvalue weighted by atomic mass is 32.1. The topological polar surface area (TPSA) is 17.1 Å². The summed E-state index contributed by atoms with van der Waals surface area (Å²) < 4.78 is 0. The standard InChI is InChI=1S/C7H14.C2H4O.CH4S/c1-7-5-3-2-4-6-7;1-2-3;1-2/h7H,2-6H2,1H3;2H,1H3;2H,1H3. The molecule has 0 radical (unpaired) electrons. The summed E-state index contributed by atoms with van der Waals surface area (Å²) in [7, 11) is 0. The molecule has 0 unspecified atom stereocenters. The Kier molecular flexibility index (Phi) is 16.5. The third kappa shape index (κ3) is 12.7. The molecule has 74 valence electrons. The number of hydrogen-bond acceptors (Lipinski definition) is 2. The zero-order valence-corrected chi connectivity index (χ0v) is 9.44. The van der Waals surface area contributed by atoms with E-state index in [2.05, 4.69) is 19.6 Å². The predicted molar refractivity (Wildman–Crippen MR) is 58.9 cm³/mol. The molecular formula is C10H22OS. The average molecular weight is 190 g/mol. The minimum atomic E-state index is 0.750. The summed E-state index contributed by atoms with van der Waals surface area (Å²) >= 11 is 3.53. The van der Waals surface area contributed by atoms with Gasteiger partial charge in [0.2, 0.25) is 0 Å². The van der Waals surface area contributed by atoms with E-state index in [4.69, 9.17) is 4.79 Å². The maximum absolute atomic E-state index is 8.81. The van der Waals surface area contributed by atoms with Gasteiger partial charge in [-0.05, 0) is 19.1 Å². The maximum Gasteiger partial charge on any atom is 0.116 e. The Hall–Kier alpha value is 0.0200. The fraction of sp³-hybridized carbons (Fsp3) is 0.900. The van der Waals surface area contributed by atoms with E-state index in [0.717, 1.165) is 12.2 Å². The van der Waals surface area contributed by atoms with Crippen molar-refractivity contribution in [2.24, 2.45) is 5.92 Å². The van der Waals surface area contributed by atoms with Crippen LogP contribution in [0, 0.1) is 5.92 Å². The lowest BCUT2D eigenvalue weighted by atomic mass is 9.91. The number of carbonyl (C=O) groups excluding carboxylic acids is 1. The van der Waals surface area contributed by atoms with Crippen molar-refractivity contribution in [1.29, 1.82) is 0 Å². The van der Waals surface area contributed by atoms with Crippen LogP contribution in [-0.2, 0) is 4.79 Å². The van der Waals surface area contributed by atoms with Gasteiger partial charge in [0, 0.05) is 0 Å². The van der Waals surface area contributed by atoms with Crippen molar-refractivity contribution in [2.75, 3.05) is 6.26 Å². The first kappa shape index (κ1) is 14.5. The van der Waals surface area contributed by atoms with Gasteiger partial charge in [0.1, 0.15) is 6.29 Å². The van der Waals surface area contributed by atoms with Crippen LogP contribution in [0.2, 0.25) is 0 Å². The Balaban J connectivity index is 0. The zero-order valence-electron chi connectivity index (χ0n) is 8.55. The lowest BCUT2D eigenvalue weighted by Gasteiger charge is -2.15.